The number of rotatable bonds is 3. The van der Waals surface area contributed by atoms with E-state index in [1.54, 1.807) is 12.1 Å². The van der Waals surface area contributed by atoms with Crippen molar-refractivity contribution in [2.24, 2.45) is 0 Å². The van der Waals surface area contributed by atoms with Crippen molar-refractivity contribution < 1.29 is 13.5 Å². The first-order valence-corrected chi connectivity index (χ1v) is 7.93. The van der Waals surface area contributed by atoms with Crippen molar-refractivity contribution in [1.82, 2.24) is 4.72 Å². The number of aryl methyl sites for hydroxylation is 1. The standard InChI is InChI=1S/C13H20N2O3S/c1-9-2-7-13(12(14)8-9)19(17,18)15-10-3-5-11(16)6-4-10/h2,7-8,10-11,15-16H,3-6,14H2,1H3. The molecule has 1 aliphatic rings. The first-order chi connectivity index (χ1) is 8.88. The van der Waals surface area contributed by atoms with E-state index in [1.165, 1.54) is 6.07 Å². The van der Waals surface area contributed by atoms with Crippen LogP contribution < -0.4 is 10.5 Å². The van der Waals surface area contributed by atoms with Crippen LogP contribution in [-0.2, 0) is 10.0 Å². The summed E-state index contributed by atoms with van der Waals surface area (Å²) in [6.45, 7) is 1.86. The summed E-state index contributed by atoms with van der Waals surface area (Å²) in [6, 6.07) is 4.80. The van der Waals surface area contributed by atoms with Gasteiger partial charge in [-0.15, -0.1) is 0 Å². The summed E-state index contributed by atoms with van der Waals surface area (Å²) in [4.78, 5) is 0.129. The Labute approximate surface area is 113 Å². The van der Waals surface area contributed by atoms with Crippen molar-refractivity contribution in [2.45, 2.75) is 49.6 Å². The van der Waals surface area contributed by atoms with Crippen molar-refractivity contribution in [2.75, 3.05) is 5.73 Å². The second kappa shape index (κ2) is 5.48. The Morgan fingerprint density at radius 2 is 1.89 bits per heavy atom. The molecular weight excluding hydrogens is 264 g/mol. The van der Waals surface area contributed by atoms with Gasteiger partial charge in [0.1, 0.15) is 4.90 Å². The van der Waals surface area contributed by atoms with Gasteiger partial charge < -0.3 is 10.8 Å². The molecule has 0 heterocycles. The third-order valence-corrected chi connectivity index (χ3v) is 5.07. The molecular formula is C13H20N2O3S. The van der Waals surface area contributed by atoms with Crippen LogP contribution in [0.1, 0.15) is 31.2 Å². The van der Waals surface area contributed by atoms with Crippen LogP contribution in [0.5, 0.6) is 0 Å². The first-order valence-electron chi connectivity index (χ1n) is 6.45. The summed E-state index contributed by atoms with van der Waals surface area (Å²) in [5, 5.41) is 9.42. The van der Waals surface area contributed by atoms with E-state index in [1.807, 2.05) is 6.92 Å². The molecule has 0 amide bonds. The molecule has 0 unspecified atom stereocenters. The number of benzene rings is 1. The van der Waals surface area contributed by atoms with Crippen LogP contribution in [0.15, 0.2) is 23.1 Å². The van der Waals surface area contributed by atoms with E-state index >= 15 is 0 Å². The maximum atomic E-state index is 12.3. The van der Waals surface area contributed by atoms with Gasteiger partial charge in [-0.2, -0.15) is 0 Å². The number of hydrogen-bond acceptors (Lipinski definition) is 4. The van der Waals surface area contributed by atoms with Crippen LogP contribution in [0.4, 0.5) is 5.69 Å². The van der Waals surface area contributed by atoms with E-state index < -0.39 is 10.0 Å². The average molecular weight is 284 g/mol. The van der Waals surface area contributed by atoms with Crippen LogP contribution in [-0.4, -0.2) is 25.7 Å². The van der Waals surface area contributed by atoms with Gasteiger partial charge in [-0.25, -0.2) is 13.1 Å². The molecule has 0 aliphatic heterocycles. The van der Waals surface area contributed by atoms with E-state index in [0.717, 1.165) is 5.56 Å². The highest BCUT2D eigenvalue weighted by molar-refractivity contribution is 7.89. The fraction of sp³-hybridized carbons (Fsp3) is 0.538. The lowest BCUT2D eigenvalue weighted by Gasteiger charge is -2.26. The van der Waals surface area contributed by atoms with Gasteiger partial charge >= 0.3 is 0 Å². The topological polar surface area (TPSA) is 92.4 Å². The van der Waals surface area contributed by atoms with Crippen LogP contribution in [0.3, 0.4) is 0 Å². The highest BCUT2D eigenvalue weighted by Crippen LogP contribution is 2.23. The first kappa shape index (κ1) is 14.3. The Bertz CT molecular complexity index is 549. The smallest absolute Gasteiger partial charge is 0.242 e. The van der Waals surface area contributed by atoms with E-state index in [-0.39, 0.29) is 22.7 Å². The molecule has 0 saturated heterocycles. The van der Waals surface area contributed by atoms with Gasteiger partial charge in [-0.1, -0.05) is 6.07 Å². The predicted molar refractivity (Wildman–Crippen MR) is 74.2 cm³/mol. The Morgan fingerprint density at radius 3 is 2.47 bits per heavy atom. The molecule has 1 saturated carbocycles. The molecule has 5 nitrogen and oxygen atoms in total. The van der Waals surface area contributed by atoms with Gasteiger partial charge in [0.15, 0.2) is 0 Å². The molecule has 0 spiro atoms. The molecule has 0 radical (unpaired) electrons. The number of aliphatic hydroxyl groups is 1. The monoisotopic (exact) mass is 284 g/mol. The Hall–Kier alpha value is -1.11. The molecule has 4 N–H and O–H groups in total. The third kappa shape index (κ3) is 3.46. The predicted octanol–water partition coefficient (Wildman–Crippen LogP) is 1.16. The van der Waals surface area contributed by atoms with Crippen LogP contribution in [0.2, 0.25) is 0 Å². The van der Waals surface area contributed by atoms with Crippen LogP contribution in [0, 0.1) is 6.92 Å². The lowest BCUT2D eigenvalue weighted by atomic mass is 9.94. The average Bonchev–Trinajstić information content (AvgIpc) is 2.31. The molecule has 0 atom stereocenters. The Morgan fingerprint density at radius 1 is 1.26 bits per heavy atom. The number of hydrogen-bond donors (Lipinski definition) is 3. The van der Waals surface area contributed by atoms with Crippen molar-refractivity contribution in [1.29, 1.82) is 0 Å². The van der Waals surface area contributed by atoms with E-state index in [2.05, 4.69) is 4.72 Å². The van der Waals surface area contributed by atoms with Gasteiger partial charge in [0.2, 0.25) is 10.0 Å². The third-order valence-electron chi connectivity index (χ3n) is 3.47. The molecule has 0 aromatic heterocycles. The van der Waals surface area contributed by atoms with E-state index in [0.29, 0.717) is 25.7 Å². The summed E-state index contributed by atoms with van der Waals surface area (Å²) >= 11 is 0. The minimum absolute atomic E-state index is 0.117. The zero-order chi connectivity index (χ0) is 14.0. The maximum absolute atomic E-state index is 12.3. The minimum atomic E-state index is -3.58. The van der Waals surface area contributed by atoms with Crippen molar-refractivity contribution in [3.63, 3.8) is 0 Å². The van der Waals surface area contributed by atoms with Gasteiger partial charge in [0.25, 0.3) is 0 Å². The molecule has 1 fully saturated rings. The fourth-order valence-corrected chi connectivity index (χ4v) is 3.81. The summed E-state index contributed by atoms with van der Waals surface area (Å²) in [6.07, 6.45) is 2.29. The SMILES string of the molecule is Cc1ccc(S(=O)(=O)NC2CCC(O)CC2)c(N)c1. The molecule has 1 aliphatic carbocycles. The number of sulfonamides is 1. The highest BCUT2D eigenvalue weighted by atomic mass is 32.2. The normalized spacial score (nSPS) is 24.3. The second-order valence-electron chi connectivity index (χ2n) is 5.17. The summed E-state index contributed by atoms with van der Waals surface area (Å²) < 4.78 is 27.2. The summed E-state index contributed by atoms with van der Waals surface area (Å²) in [5.74, 6) is 0. The van der Waals surface area contributed by atoms with Crippen LogP contribution in [0.25, 0.3) is 0 Å². The number of nitrogens with one attached hydrogen (secondary N) is 1. The molecule has 0 bridgehead atoms. The molecule has 2 rings (SSSR count). The Balaban J connectivity index is 2.14. The van der Waals surface area contributed by atoms with Crippen LogP contribution >= 0.6 is 0 Å². The number of aliphatic hydroxyl groups excluding tert-OH is 1. The summed E-state index contributed by atoms with van der Waals surface area (Å²) in [7, 11) is -3.58. The van der Waals surface area contributed by atoms with Gasteiger partial charge in [-0.3, -0.25) is 0 Å². The highest BCUT2D eigenvalue weighted by Gasteiger charge is 2.25. The molecule has 6 heteroatoms. The Kier molecular flexibility index (Phi) is 4.13. The van der Waals surface area contributed by atoms with Gasteiger partial charge in [0, 0.05) is 6.04 Å². The molecule has 19 heavy (non-hydrogen) atoms. The molecule has 1 aromatic carbocycles. The van der Waals surface area contributed by atoms with Crippen molar-refractivity contribution in [3.05, 3.63) is 23.8 Å². The second-order valence-corrected chi connectivity index (χ2v) is 6.85. The molecule has 1 aromatic rings. The van der Waals surface area contributed by atoms with Crippen molar-refractivity contribution in [3.8, 4) is 0 Å². The number of nitrogens with two attached hydrogens (primary N) is 1. The largest absolute Gasteiger partial charge is 0.398 e. The van der Waals surface area contributed by atoms with Gasteiger partial charge in [-0.05, 0) is 50.3 Å². The number of nitrogen functional groups attached to an aromatic ring is 1. The van der Waals surface area contributed by atoms with E-state index in [9.17, 15) is 13.5 Å². The summed E-state index contributed by atoms with van der Waals surface area (Å²) in [5.41, 5.74) is 6.97. The molecule has 106 valence electrons. The zero-order valence-corrected chi connectivity index (χ0v) is 11.8. The zero-order valence-electron chi connectivity index (χ0n) is 11.0. The lowest BCUT2D eigenvalue weighted by Crippen LogP contribution is -2.38. The van der Waals surface area contributed by atoms with Crippen molar-refractivity contribution >= 4 is 15.7 Å². The lowest BCUT2D eigenvalue weighted by molar-refractivity contribution is 0.120. The number of anilines is 1. The maximum Gasteiger partial charge on any atom is 0.242 e. The van der Waals surface area contributed by atoms with Gasteiger partial charge in [0.05, 0.1) is 11.8 Å². The minimum Gasteiger partial charge on any atom is -0.398 e. The quantitative estimate of drug-likeness (QED) is 0.726. The van der Waals surface area contributed by atoms with E-state index in [4.69, 9.17) is 5.73 Å². The fourth-order valence-electron chi connectivity index (χ4n) is 2.39.